The van der Waals surface area contributed by atoms with Crippen LogP contribution in [0.25, 0.3) is 22.3 Å². The van der Waals surface area contributed by atoms with Crippen molar-refractivity contribution in [3.63, 3.8) is 0 Å². The molecule has 162 valence electrons. The van der Waals surface area contributed by atoms with Crippen molar-refractivity contribution in [2.24, 2.45) is 0 Å². The third-order valence-electron chi connectivity index (χ3n) is 4.84. The first-order chi connectivity index (χ1) is 15.3. The van der Waals surface area contributed by atoms with Crippen LogP contribution in [0.4, 0.5) is 19.1 Å². The van der Waals surface area contributed by atoms with Gasteiger partial charge >= 0.3 is 6.18 Å². The number of aromatic nitrogens is 5. The Hall–Kier alpha value is -4.20. The number of anilines is 1. The summed E-state index contributed by atoms with van der Waals surface area (Å²) in [6.07, 6.45) is 0.648. The first-order valence-electron chi connectivity index (χ1n) is 9.38. The Balaban J connectivity index is 1.72. The van der Waals surface area contributed by atoms with Gasteiger partial charge in [-0.05, 0) is 18.6 Å². The molecule has 0 radical (unpaired) electrons. The molecule has 0 spiro atoms. The summed E-state index contributed by atoms with van der Waals surface area (Å²) in [6, 6.07) is 6.28. The van der Waals surface area contributed by atoms with E-state index in [-0.39, 0.29) is 34.3 Å². The normalized spacial score (nSPS) is 12.4. The van der Waals surface area contributed by atoms with Gasteiger partial charge in [0.25, 0.3) is 0 Å². The average Bonchev–Trinajstić information content (AvgIpc) is 3.21. The maximum Gasteiger partial charge on any atom is 0.417 e. The molecule has 1 atom stereocenters. The lowest BCUT2D eigenvalue weighted by Gasteiger charge is -2.15. The van der Waals surface area contributed by atoms with Crippen molar-refractivity contribution in [3.05, 3.63) is 59.7 Å². The zero-order chi connectivity index (χ0) is 22.9. The molecule has 32 heavy (non-hydrogen) atoms. The second kappa shape index (κ2) is 8.14. The number of halogens is 3. The molecule has 2 N–H and O–H groups in total. The third-order valence-corrected chi connectivity index (χ3v) is 4.84. The molecule has 0 saturated carbocycles. The molecule has 11 heteroatoms. The van der Waals surface area contributed by atoms with E-state index in [1.807, 2.05) is 19.1 Å². The molecule has 4 heterocycles. The van der Waals surface area contributed by atoms with Gasteiger partial charge in [0.1, 0.15) is 11.7 Å². The summed E-state index contributed by atoms with van der Waals surface area (Å²) in [7, 11) is 1.52. The average molecular weight is 439 g/mol. The summed E-state index contributed by atoms with van der Waals surface area (Å²) < 4.78 is 44.5. The highest BCUT2D eigenvalue weighted by Crippen LogP contribution is 2.35. The first kappa shape index (κ1) is 21.0. The van der Waals surface area contributed by atoms with Gasteiger partial charge < -0.3 is 15.0 Å². The van der Waals surface area contributed by atoms with E-state index in [0.717, 1.165) is 17.8 Å². The van der Waals surface area contributed by atoms with Gasteiger partial charge in [-0.15, -0.1) is 0 Å². The molecule has 0 fully saturated rings. The summed E-state index contributed by atoms with van der Waals surface area (Å²) in [4.78, 5) is 19.4. The molecular formula is C21H16F3N7O. The number of pyridine rings is 2. The molecule has 0 saturated heterocycles. The third kappa shape index (κ3) is 4.02. The zero-order valence-electron chi connectivity index (χ0n) is 16.9. The maximum atomic E-state index is 13.2. The highest BCUT2D eigenvalue weighted by Gasteiger charge is 2.31. The standard InChI is InChI=1S/C21H16F3N7O/c1-11(12-3-4-17(32-2)26-7-12)30-20-29-8-13(6-25)18(31-20)16-10-28-19-15(16)5-14(9-27-19)21(22,23)24/h3-5,7-11H,1-2H3,(H,27,28)(H,29,30,31). The molecule has 0 bridgehead atoms. The lowest BCUT2D eigenvalue weighted by molar-refractivity contribution is -0.137. The van der Waals surface area contributed by atoms with Crippen LogP contribution in [0.15, 0.2) is 43.0 Å². The fourth-order valence-electron chi connectivity index (χ4n) is 3.14. The summed E-state index contributed by atoms with van der Waals surface area (Å²) in [5.41, 5.74) is 0.830. The van der Waals surface area contributed by atoms with E-state index in [0.29, 0.717) is 11.4 Å². The molecule has 8 nitrogen and oxygen atoms in total. The number of aromatic amines is 1. The van der Waals surface area contributed by atoms with E-state index in [1.165, 1.54) is 19.5 Å². The Kier molecular flexibility index (Phi) is 5.36. The zero-order valence-corrected chi connectivity index (χ0v) is 16.9. The Bertz CT molecular complexity index is 1310. The number of nitrogens with one attached hydrogen (secondary N) is 2. The molecule has 0 aliphatic rings. The largest absolute Gasteiger partial charge is 0.481 e. The number of methoxy groups -OCH3 is 1. The molecule has 4 rings (SSSR count). The van der Waals surface area contributed by atoms with Gasteiger partial charge in [0, 0.05) is 35.6 Å². The van der Waals surface area contributed by atoms with E-state index >= 15 is 0 Å². The van der Waals surface area contributed by atoms with Crippen LogP contribution in [0.2, 0.25) is 0 Å². The summed E-state index contributed by atoms with van der Waals surface area (Å²) in [6.45, 7) is 1.87. The number of alkyl halides is 3. The van der Waals surface area contributed by atoms with Crippen LogP contribution in [-0.4, -0.2) is 32.0 Å². The van der Waals surface area contributed by atoms with Crippen LogP contribution in [0, 0.1) is 11.3 Å². The first-order valence-corrected chi connectivity index (χ1v) is 9.38. The van der Waals surface area contributed by atoms with Gasteiger partial charge in [0.2, 0.25) is 11.8 Å². The number of rotatable bonds is 5. The SMILES string of the molecule is COc1ccc(C(C)Nc2ncc(C#N)c(-c3c[nH]c4ncc(C(F)(F)F)cc34)n2)cn1. The van der Waals surface area contributed by atoms with Crippen molar-refractivity contribution in [2.45, 2.75) is 19.1 Å². The highest BCUT2D eigenvalue weighted by atomic mass is 19.4. The predicted octanol–water partition coefficient (Wildman–Crippen LogP) is 4.49. The van der Waals surface area contributed by atoms with Gasteiger partial charge in [-0.2, -0.15) is 18.4 Å². The van der Waals surface area contributed by atoms with Crippen molar-refractivity contribution < 1.29 is 17.9 Å². The number of hydrogen-bond donors (Lipinski definition) is 2. The molecule has 4 aromatic heterocycles. The smallest absolute Gasteiger partial charge is 0.417 e. The van der Waals surface area contributed by atoms with Crippen LogP contribution in [0.3, 0.4) is 0 Å². The van der Waals surface area contributed by atoms with Crippen molar-refractivity contribution in [3.8, 4) is 23.2 Å². The second-order valence-corrected chi connectivity index (χ2v) is 6.89. The number of nitrogens with zero attached hydrogens (tertiary/aromatic N) is 5. The molecule has 0 aromatic carbocycles. The number of H-pyrrole nitrogens is 1. The fraction of sp³-hybridized carbons (Fsp3) is 0.190. The van der Waals surface area contributed by atoms with Crippen molar-refractivity contribution in [1.82, 2.24) is 24.9 Å². The Morgan fingerprint density at radius 1 is 1.16 bits per heavy atom. The van der Waals surface area contributed by atoms with Crippen molar-refractivity contribution in [2.75, 3.05) is 12.4 Å². The van der Waals surface area contributed by atoms with Gasteiger partial charge in [0.05, 0.1) is 36.2 Å². The van der Waals surface area contributed by atoms with Gasteiger partial charge in [-0.1, -0.05) is 6.07 Å². The van der Waals surface area contributed by atoms with Gasteiger partial charge in [0.15, 0.2) is 0 Å². The molecule has 0 aliphatic carbocycles. The quantitative estimate of drug-likeness (QED) is 0.471. The Morgan fingerprint density at radius 3 is 2.62 bits per heavy atom. The number of fused-ring (bicyclic) bond motifs is 1. The minimum absolute atomic E-state index is 0.118. The Morgan fingerprint density at radius 2 is 1.97 bits per heavy atom. The van der Waals surface area contributed by atoms with Crippen LogP contribution in [0.1, 0.15) is 29.7 Å². The topological polar surface area (TPSA) is 112 Å². The van der Waals surface area contributed by atoms with E-state index in [9.17, 15) is 18.4 Å². The minimum Gasteiger partial charge on any atom is -0.481 e. The predicted molar refractivity (Wildman–Crippen MR) is 110 cm³/mol. The molecule has 0 aliphatic heterocycles. The van der Waals surface area contributed by atoms with Crippen molar-refractivity contribution in [1.29, 1.82) is 5.26 Å². The van der Waals surface area contributed by atoms with Crippen LogP contribution in [-0.2, 0) is 6.18 Å². The van der Waals surface area contributed by atoms with Gasteiger partial charge in [-0.3, -0.25) is 0 Å². The van der Waals surface area contributed by atoms with Crippen LogP contribution in [0.5, 0.6) is 5.88 Å². The molecule has 0 amide bonds. The van der Waals surface area contributed by atoms with Gasteiger partial charge in [-0.25, -0.2) is 19.9 Å². The number of hydrogen-bond acceptors (Lipinski definition) is 7. The second-order valence-electron chi connectivity index (χ2n) is 6.89. The van der Waals surface area contributed by atoms with E-state index < -0.39 is 11.7 Å². The molecule has 4 aromatic rings. The number of nitriles is 1. The summed E-state index contributed by atoms with van der Waals surface area (Å²) in [5.74, 6) is 0.681. The van der Waals surface area contributed by atoms with Crippen LogP contribution >= 0.6 is 0 Å². The van der Waals surface area contributed by atoms with E-state index in [1.54, 1.807) is 12.3 Å². The van der Waals surface area contributed by atoms with Crippen LogP contribution < -0.4 is 10.1 Å². The molecule has 1 unspecified atom stereocenters. The summed E-state index contributed by atoms with van der Waals surface area (Å²) in [5, 5.41) is 12.8. The molecular weight excluding hydrogens is 423 g/mol. The maximum absolute atomic E-state index is 13.2. The monoisotopic (exact) mass is 439 g/mol. The Labute approximate surface area is 180 Å². The lowest BCUT2D eigenvalue weighted by Crippen LogP contribution is -2.10. The minimum atomic E-state index is -4.55. The van der Waals surface area contributed by atoms with Crippen molar-refractivity contribution >= 4 is 17.0 Å². The number of ether oxygens (including phenoxy) is 1. The highest BCUT2D eigenvalue weighted by molar-refractivity contribution is 5.94. The summed E-state index contributed by atoms with van der Waals surface area (Å²) >= 11 is 0. The van der Waals surface area contributed by atoms with E-state index in [2.05, 4.69) is 30.2 Å². The fourth-order valence-corrected chi connectivity index (χ4v) is 3.14. The van der Waals surface area contributed by atoms with E-state index in [4.69, 9.17) is 4.74 Å². The lowest BCUT2D eigenvalue weighted by atomic mass is 10.1.